The zero-order chi connectivity index (χ0) is 25.1. The number of hydrazone groups is 1. The molecule has 2 N–H and O–H groups in total. The van der Waals surface area contributed by atoms with Crippen LogP contribution in [0.4, 0.5) is 5.69 Å². The van der Waals surface area contributed by atoms with E-state index in [0.29, 0.717) is 56.4 Å². The number of carbonyl (C=O) groups is 2. The maximum atomic E-state index is 12.9. The number of hydrogen-bond donors (Lipinski definition) is 2. The third kappa shape index (κ3) is 5.81. The Bertz CT molecular complexity index is 1330. The van der Waals surface area contributed by atoms with Gasteiger partial charge in [-0.25, -0.2) is 5.43 Å². The Kier molecular flexibility index (Phi) is 7.69. The molecule has 0 atom stereocenters. The first-order chi connectivity index (χ1) is 16.7. The molecular formula is C25H22Cl3N3O4. The zero-order valence-electron chi connectivity index (χ0n) is 19.0. The lowest BCUT2D eigenvalue weighted by atomic mass is 9.93. The van der Waals surface area contributed by atoms with Crippen molar-refractivity contribution in [3.05, 3.63) is 79.7 Å². The molecule has 3 aromatic rings. The number of aryl methyl sites for hydroxylation is 2. The Balaban J connectivity index is 1.45. The molecule has 1 heterocycles. The van der Waals surface area contributed by atoms with Gasteiger partial charge >= 0.3 is 0 Å². The summed E-state index contributed by atoms with van der Waals surface area (Å²) in [4.78, 5) is 25.2. The molecule has 1 aliphatic rings. The lowest BCUT2D eigenvalue weighted by Crippen LogP contribution is -2.27. The van der Waals surface area contributed by atoms with Crippen LogP contribution in [0, 0.1) is 13.8 Å². The van der Waals surface area contributed by atoms with Crippen LogP contribution in [0.2, 0.25) is 15.1 Å². The molecule has 10 heteroatoms. The van der Waals surface area contributed by atoms with E-state index in [1.165, 1.54) is 6.07 Å². The maximum Gasteiger partial charge on any atom is 0.291 e. The van der Waals surface area contributed by atoms with Gasteiger partial charge in [-0.3, -0.25) is 9.59 Å². The number of anilines is 1. The summed E-state index contributed by atoms with van der Waals surface area (Å²) in [5.41, 5.74) is 6.04. The second-order valence-corrected chi connectivity index (χ2v) is 9.33. The number of nitrogens with zero attached hydrogens (tertiary/aromatic N) is 1. The summed E-state index contributed by atoms with van der Waals surface area (Å²) in [7, 11) is 0. The number of amides is 2. The van der Waals surface area contributed by atoms with Crippen molar-refractivity contribution in [2.24, 2.45) is 5.10 Å². The lowest BCUT2D eigenvalue weighted by Gasteiger charge is -2.13. The summed E-state index contributed by atoms with van der Waals surface area (Å²) in [6.45, 7) is 3.41. The fourth-order valence-corrected chi connectivity index (χ4v) is 4.40. The molecular weight excluding hydrogens is 513 g/mol. The van der Waals surface area contributed by atoms with E-state index in [1.54, 1.807) is 31.2 Å². The lowest BCUT2D eigenvalue weighted by molar-refractivity contribution is -0.123. The van der Waals surface area contributed by atoms with Crippen molar-refractivity contribution >= 4 is 58.0 Å². The number of halogens is 3. The quantitative estimate of drug-likeness (QED) is 0.361. The second-order valence-electron chi connectivity index (χ2n) is 8.08. The average Bonchev–Trinajstić information content (AvgIpc) is 3.17. The van der Waals surface area contributed by atoms with Gasteiger partial charge < -0.3 is 14.5 Å². The monoisotopic (exact) mass is 533 g/mol. The minimum atomic E-state index is -0.453. The Morgan fingerprint density at radius 2 is 1.86 bits per heavy atom. The van der Waals surface area contributed by atoms with Gasteiger partial charge in [0.2, 0.25) is 0 Å². The molecule has 0 spiro atoms. The molecule has 2 aromatic carbocycles. The van der Waals surface area contributed by atoms with Crippen molar-refractivity contribution in [1.29, 1.82) is 0 Å². The third-order valence-electron chi connectivity index (χ3n) is 5.53. The van der Waals surface area contributed by atoms with Crippen LogP contribution in [-0.2, 0) is 11.2 Å². The molecule has 1 aromatic heterocycles. The van der Waals surface area contributed by atoms with Crippen LogP contribution >= 0.6 is 34.8 Å². The summed E-state index contributed by atoms with van der Waals surface area (Å²) in [6.07, 6.45) is 2.08. The Hall–Kier alpha value is -3.00. The summed E-state index contributed by atoms with van der Waals surface area (Å²) in [5, 5.41) is 8.44. The zero-order valence-corrected chi connectivity index (χ0v) is 21.3. The number of furan rings is 1. The predicted molar refractivity (Wildman–Crippen MR) is 137 cm³/mol. The summed E-state index contributed by atoms with van der Waals surface area (Å²) in [5.74, 6) is 0.376. The van der Waals surface area contributed by atoms with Crippen LogP contribution < -0.4 is 15.5 Å². The van der Waals surface area contributed by atoms with Crippen molar-refractivity contribution in [2.75, 3.05) is 11.9 Å². The SMILES string of the molecule is Cc1ccc(NC(=O)c2oc3c(c2C)/C(=N/NC(=O)COc2ccc(Cl)cc2Cl)CCC3)cc1Cl. The normalized spacial score (nSPS) is 13.9. The molecule has 7 nitrogen and oxygen atoms in total. The molecule has 4 rings (SSSR count). The maximum absolute atomic E-state index is 12.9. The molecule has 1 aliphatic carbocycles. The summed E-state index contributed by atoms with van der Waals surface area (Å²) >= 11 is 18.1. The van der Waals surface area contributed by atoms with Crippen molar-refractivity contribution in [3.8, 4) is 5.75 Å². The van der Waals surface area contributed by atoms with Gasteiger partial charge in [0.15, 0.2) is 12.4 Å². The van der Waals surface area contributed by atoms with Crippen LogP contribution in [-0.4, -0.2) is 24.1 Å². The first-order valence-corrected chi connectivity index (χ1v) is 12.0. The Morgan fingerprint density at radius 3 is 2.60 bits per heavy atom. The Labute approximate surface area is 217 Å². The third-order valence-corrected chi connectivity index (χ3v) is 6.47. The molecule has 35 heavy (non-hydrogen) atoms. The molecule has 0 fully saturated rings. The number of nitrogens with one attached hydrogen (secondary N) is 2. The number of fused-ring (bicyclic) bond motifs is 1. The number of rotatable bonds is 6. The highest BCUT2D eigenvalue weighted by Gasteiger charge is 2.28. The molecule has 0 saturated carbocycles. The number of ether oxygens (including phenoxy) is 1. The highest BCUT2D eigenvalue weighted by molar-refractivity contribution is 6.35. The predicted octanol–water partition coefficient (Wildman–Crippen LogP) is 6.34. The Morgan fingerprint density at radius 1 is 1.06 bits per heavy atom. The first kappa shape index (κ1) is 25.1. The van der Waals surface area contributed by atoms with E-state index in [9.17, 15) is 9.59 Å². The van der Waals surface area contributed by atoms with Gasteiger partial charge in [-0.2, -0.15) is 5.10 Å². The highest BCUT2D eigenvalue weighted by atomic mass is 35.5. The van der Waals surface area contributed by atoms with Gasteiger partial charge in [-0.1, -0.05) is 40.9 Å². The van der Waals surface area contributed by atoms with Crippen LogP contribution in [0.5, 0.6) is 5.75 Å². The molecule has 0 saturated heterocycles. The smallest absolute Gasteiger partial charge is 0.291 e. The second kappa shape index (κ2) is 10.7. The number of benzene rings is 2. The number of hydrogen-bond acceptors (Lipinski definition) is 5. The molecule has 0 aliphatic heterocycles. The van der Waals surface area contributed by atoms with Crippen LogP contribution in [0.3, 0.4) is 0 Å². The van der Waals surface area contributed by atoms with Gasteiger partial charge in [0.1, 0.15) is 11.5 Å². The van der Waals surface area contributed by atoms with Gasteiger partial charge in [0.25, 0.3) is 11.8 Å². The minimum Gasteiger partial charge on any atom is -0.482 e. The minimum absolute atomic E-state index is 0.202. The van der Waals surface area contributed by atoms with Crippen molar-refractivity contribution in [2.45, 2.75) is 33.1 Å². The first-order valence-electron chi connectivity index (χ1n) is 10.9. The van der Waals surface area contributed by atoms with Gasteiger partial charge in [0, 0.05) is 33.3 Å². The van der Waals surface area contributed by atoms with Crippen LogP contribution in [0.1, 0.15) is 45.8 Å². The van der Waals surface area contributed by atoms with E-state index in [-0.39, 0.29) is 18.3 Å². The van der Waals surface area contributed by atoms with Crippen molar-refractivity contribution in [3.63, 3.8) is 0 Å². The van der Waals surface area contributed by atoms with E-state index in [0.717, 1.165) is 17.5 Å². The van der Waals surface area contributed by atoms with Crippen molar-refractivity contribution < 1.29 is 18.7 Å². The van der Waals surface area contributed by atoms with E-state index in [4.69, 9.17) is 44.0 Å². The van der Waals surface area contributed by atoms with Crippen molar-refractivity contribution in [1.82, 2.24) is 5.43 Å². The standard InChI is InChI=1S/C25H22Cl3N3O4/c1-13-6-8-16(11-17(13)27)29-25(33)24-14(2)23-19(4-3-5-21(23)35-24)30-31-22(32)12-34-20-9-7-15(26)10-18(20)28/h6-11H,3-5,12H2,1-2H3,(H,29,33)(H,31,32)/b30-19+. The molecule has 182 valence electrons. The van der Waals surface area contributed by atoms with Crippen LogP contribution in [0.25, 0.3) is 0 Å². The van der Waals surface area contributed by atoms with Gasteiger partial charge in [-0.15, -0.1) is 0 Å². The van der Waals surface area contributed by atoms with E-state index in [2.05, 4.69) is 15.8 Å². The summed E-state index contributed by atoms with van der Waals surface area (Å²) in [6, 6.07) is 10.0. The average molecular weight is 535 g/mol. The van der Waals surface area contributed by atoms with E-state index in [1.807, 2.05) is 13.0 Å². The summed E-state index contributed by atoms with van der Waals surface area (Å²) < 4.78 is 11.3. The molecule has 2 amide bonds. The topological polar surface area (TPSA) is 92.9 Å². The van der Waals surface area contributed by atoms with Gasteiger partial charge in [0.05, 0.1) is 10.7 Å². The molecule has 0 unspecified atom stereocenters. The fourth-order valence-electron chi connectivity index (χ4n) is 3.75. The van der Waals surface area contributed by atoms with Crippen LogP contribution in [0.15, 0.2) is 45.9 Å². The largest absolute Gasteiger partial charge is 0.482 e. The molecule has 0 bridgehead atoms. The van der Waals surface area contributed by atoms with Gasteiger partial charge in [-0.05, 0) is 62.6 Å². The van der Waals surface area contributed by atoms with E-state index < -0.39 is 5.91 Å². The molecule has 0 radical (unpaired) electrons. The van der Waals surface area contributed by atoms with E-state index >= 15 is 0 Å². The fraction of sp³-hybridized carbons (Fsp3) is 0.240. The number of carbonyl (C=O) groups excluding carboxylic acids is 2. The highest BCUT2D eigenvalue weighted by Crippen LogP contribution is 2.31.